The maximum Gasteiger partial charge on any atom is 0.524 e. The second kappa shape index (κ2) is 14.7. The highest BCUT2D eigenvalue weighted by Gasteiger charge is 2.50. The lowest BCUT2D eigenvalue weighted by Gasteiger charge is -2.18. The largest absolute Gasteiger partial charge is 0.524 e. The van der Waals surface area contributed by atoms with E-state index in [1.807, 2.05) is 0 Å². The van der Waals surface area contributed by atoms with Crippen molar-refractivity contribution >= 4 is 15.6 Å². The van der Waals surface area contributed by atoms with E-state index in [4.69, 9.17) is 13.6 Å². The Balaban J connectivity index is 4.81. The molecule has 0 fully saturated rings. The minimum atomic E-state index is -3.45. The van der Waals surface area contributed by atoms with Crippen LogP contribution in [0.25, 0.3) is 0 Å². The third-order valence-electron chi connectivity index (χ3n) is 3.73. The Labute approximate surface area is 161 Å². The van der Waals surface area contributed by atoms with Gasteiger partial charge in [0.2, 0.25) is 0 Å². The van der Waals surface area contributed by atoms with Crippen molar-refractivity contribution in [2.45, 2.75) is 79.0 Å². The highest BCUT2D eigenvalue weighted by Crippen LogP contribution is 2.63. The Kier molecular flexibility index (Phi) is 14.5. The van der Waals surface area contributed by atoms with Gasteiger partial charge in [0, 0.05) is 6.42 Å². The van der Waals surface area contributed by atoms with E-state index in [9.17, 15) is 9.13 Å². The molecule has 0 N–H and O–H groups in total. The van der Waals surface area contributed by atoms with Crippen molar-refractivity contribution in [3.05, 3.63) is 23.3 Å². The third-order valence-corrected chi connectivity index (χ3v) is 8.63. The predicted molar refractivity (Wildman–Crippen MR) is 110 cm³/mol. The average molecular weight is 407 g/mol. The molecular weight excluding hydrogens is 370 g/mol. The number of allylic oxidation sites excluding steroid dienone is 4. The molecule has 0 spiro atoms. The van der Waals surface area contributed by atoms with Crippen LogP contribution >= 0.6 is 15.6 Å². The van der Waals surface area contributed by atoms with Crippen molar-refractivity contribution in [1.29, 1.82) is 0 Å². The van der Waals surface area contributed by atoms with Crippen molar-refractivity contribution in [3.8, 4) is 0 Å². The normalized spacial score (nSPS) is 14.2. The molecular formula is C19H37O5P2+. The second-order valence-corrected chi connectivity index (χ2v) is 10.4. The molecule has 0 aliphatic rings. The van der Waals surface area contributed by atoms with Gasteiger partial charge < -0.3 is 9.05 Å². The van der Waals surface area contributed by atoms with Gasteiger partial charge in [-0.3, -0.25) is 4.57 Å². The zero-order chi connectivity index (χ0) is 20.0. The molecule has 7 heteroatoms. The molecule has 26 heavy (non-hydrogen) atoms. The minimum Gasteiger partial charge on any atom is -0.306 e. The van der Waals surface area contributed by atoms with E-state index in [-0.39, 0.29) is 13.2 Å². The topological polar surface area (TPSA) is 61.8 Å². The molecule has 2 atom stereocenters. The van der Waals surface area contributed by atoms with E-state index in [2.05, 4.69) is 32.9 Å². The average Bonchev–Trinajstić information content (AvgIpc) is 2.54. The molecule has 0 heterocycles. The first kappa shape index (κ1) is 25.7. The van der Waals surface area contributed by atoms with E-state index in [1.54, 1.807) is 20.8 Å². The maximum atomic E-state index is 13.0. The number of unbranched alkanes of at least 4 members (excludes halogenated alkanes) is 1. The van der Waals surface area contributed by atoms with Crippen molar-refractivity contribution in [3.63, 3.8) is 0 Å². The predicted octanol–water partition coefficient (Wildman–Crippen LogP) is 7.22. The molecule has 0 saturated heterocycles. The Hall–Kier alpha value is -0.310. The third kappa shape index (κ3) is 10.7. The van der Waals surface area contributed by atoms with Gasteiger partial charge in [-0.15, -0.1) is 4.52 Å². The molecule has 0 saturated carbocycles. The van der Waals surface area contributed by atoms with Crippen molar-refractivity contribution in [1.82, 2.24) is 0 Å². The molecule has 0 aromatic carbocycles. The van der Waals surface area contributed by atoms with E-state index in [0.717, 1.165) is 25.7 Å². The quantitative estimate of drug-likeness (QED) is 0.163. The summed E-state index contributed by atoms with van der Waals surface area (Å²) in [6.45, 7) is 12.5. The summed E-state index contributed by atoms with van der Waals surface area (Å²) in [5.41, 5.74) is 2.68. The standard InChI is InChI=1S/C19H37O5P2/c1-7-22-25(20)19(26(21,23-8-2)24-9-3)16-11-10-14-18(6)15-12-13-17(4)5/h13-14,19H,7-12,15-16H2,1-6H3/q+1/b18-14+. The van der Waals surface area contributed by atoms with Crippen LogP contribution in [0, 0.1) is 0 Å². The van der Waals surface area contributed by atoms with Gasteiger partial charge in [-0.1, -0.05) is 23.3 Å². The van der Waals surface area contributed by atoms with Crippen LogP contribution in [0.5, 0.6) is 0 Å². The zero-order valence-electron chi connectivity index (χ0n) is 17.3. The fourth-order valence-corrected chi connectivity index (χ4v) is 6.48. The van der Waals surface area contributed by atoms with Gasteiger partial charge in [-0.05, 0) is 71.8 Å². The van der Waals surface area contributed by atoms with Crippen LogP contribution in [0.2, 0.25) is 0 Å². The van der Waals surface area contributed by atoms with Crippen LogP contribution in [-0.2, 0) is 22.7 Å². The highest BCUT2D eigenvalue weighted by atomic mass is 31.2. The summed E-state index contributed by atoms with van der Waals surface area (Å²) in [5.74, 6) is 0. The smallest absolute Gasteiger partial charge is 0.306 e. The van der Waals surface area contributed by atoms with Crippen LogP contribution in [-0.4, -0.2) is 25.2 Å². The van der Waals surface area contributed by atoms with Crippen LogP contribution < -0.4 is 0 Å². The first-order valence-corrected chi connectivity index (χ1v) is 12.4. The fourth-order valence-electron chi connectivity index (χ4n) is 2.50. The molecule has 0 radical (unpaired) electrons. The van der Waals surface area contributed by atoms with Gasteiger partial charge in [0.05, 0.1) is 19.8 Å². The number of hydrogen-bond donors (Lipinski definition) is 0. The molecule has 152 valence electrons. The first-order chi connectivity index (χ1) is 12.3. The van der Waals surface area contributed by atoms with Gasteiger partial charge >= 0.3 is 15.6 Å². The fraction of sp³-hybridized carbons (Fsp3) is 0.789. The summed E-state index contributed by atoms with van der Waals surface area (Å²) >= 11 is 0. The van der Waals surface area contributed by atoms with E-state index < -0.39 is 21.0 Å². The lowest BCUT2D eigenvalue weighted by Crippen LogP contribution is -2.11. The summed E-state index contributed by atoms with van der Waals surface area (Å²) in [7, 11) is -5.54. The summed E-state index contributed by atoms with van der Waals surface area (Å²) in [5, 5.41) is -0.711. The van der Waals surface area contributed by atoms with Gasteiger partial charge in [0.15, 0.2) is 0 Å². The van der Waals surface area contributed by atoms with Crippen molar-refractivity contribution in [2.24, 2.45) is 0 Å². The summed E-state index contributed by atoms with van der Waals surface area (Å²) < 4.78 is 41.5. The van der Waals surface area contributed by atoms with Crippen LogP contribution in [0.3, 0.4) is 0 Å². The molecule has 0 aromatic rings. The Bertz CT molecular complexity index is 500. The van der Waals surface area contributed by atoms with Gasteiger partial charge in [0.1, 0.15) is 0 Å². The number of rotatable bonds is 15. The van der Waals surface area contributed by atoms with E-state index >= 15 is 0 Å². The zero-order valence-corrected chi connectivity index (χ0v) is 19.1. The second-order valence-electron chi connectivity index (χ2n) is 6.36. The molecule has 0 bridgehead atoms. The first-order valence-electron chi connectivity index (χ1n) is 9.57. The van der Waals surface area contributed by atoms with Gasteiger partial charge in [-0.25, -0.2) is 0 Å². The number of hydrogen-bond acceptors (Lipinski definition) is 5. The van der Waals surface area contributed by atoms with Gasteiger partial charge in [-0.2, -0.15) is 0 Å². The Morgan fingerprint density at radius 1 is 1.00 bits per heavy atom. The summed E-state index contributed by atoms with van der Waals surface area (Å²) in [6.07, 6.45) is 8.64. The van der Waals surface area contributed by atoms with E-state index in [0.29, 0.717) is 13.0 Å². The molecule has 0 aliphatic heterocycles. The van der Waals surface area contributed by atoms with Crippen molar-refractivity contribution < 1.29 is 22.7 Å². The lowest BCUT2D eigenvalue weighted by atomic mass is 10.1. The van der Waals surface area contributed by atoms with E-state index in [1.165, 1.54) is 11.1 Å². The lowest BCUT2D eigenvalue weighted by molar-refractivity contribution is 0.214. The summed E-state index contributed by atoms with van der Waals surface area (Å²) in [4.78, 5) is 0. The molecule has 5 nitrogen and oxygen atoms in total. The molecule has 0 aliphatic carbocycles. The van der Waals surface area contributed by atoms with Crippen molar-refractivity contribution in [2.75, 3.05) is 19.8 Å². The Morgan fingerprint density at radius 3 is 2.12 bits per heavy atom. The van der Waals surface area contributed by atoms with Gasteiger partial charge in [0.25, 0.3) is 5.40 Å². The molecule has 2 unspecified atom stereocenters. The minimum absolute atomic E-state index is 0.256. The SMILES string of the molecule is CCO[P+](=O)C(CCC/C=C(\C)CCC=C(C)C)P(=O)(OCC)OCC. The molecule has 0 amide bonds. The van der Waals surface area contributed by atoms with Crippen LogP contribution in [0.15, 0.2) is 23.3 Å². The maximum absolute atomic E-state index is 13.0. The van der Waals surface area contributed by atoms with Crippen LogP contribution in [0.1, 0.15) is 73.6 Å². The molecule has 0 aromatic heterocycles. The Morgan fingerprint density at radius 2 is 1.62 bits per heavy atom. The highest BCUT2D eigenvalue weighted by molar-refractivity contribution is 7.67. The summed E-state index contributed by atoms with van der Waals surface area (Å²) in [6, 6.07) is 0. The molecule has 0 rings (SSSR count). The van der Waals surface area contributed by atoms with Crippen LogP contribution in [0.4, 0.5) is 0 Å². The monoisotopic (exact) mass is 407 g/mol.